The molecule has 2 N–H and O–H groups in total. The lowest BCUT2D eigenvalue weighted by Crippen LogP contribution is -2.39. The van der Waals surface area contributed by atoms with Gasteiger partial charge in [0.25, 0.3) is 0 Å². The molecular weight excluding hydrogens is 258 g/mol. The fourth-order valence-corrected chi connectivity index (χ4v) is 2.33. The lowest BCUT2D eigenvalue weighted by molar-refractivity contribution is 0.129. The van der Waals surface area contributed by atoms with Gasteiger partial charge in [0.1, 0.15) is 0 Å². The topological polar surface area (TPSA) is 45.7 Å². The monoisotopic (exact) mass is 281 g/mol. The molecule has 1 aromatic rings. The lowest BCUT2D eigenvalue weighted by Gasteiger charge is -2.11. The lowest BCUT2D eigenvalue weighted by atomic mass is 10.3. The Morgan fingerprint density at radius 2 is 2.37 bits per heavy atom. The molecule has 0 atom stereocenters. The van der Waals surface area contributed by atoms with Crippen LogP contribution in [-0.2, 0) is 11.3 Å². The summed E-state index contributed by atoms with van der Waals surface area (Å²) in [6.45, 7) is 6.15. The molecule has 2 rings (SSSR count). The molecule has 0 aromatic carbocycles. The first-order valence-corrected chi connectivity index (χ1v) is 7.93. The molecule has 5 heteroatoms. The predicted octanol–water partition coefficient (Wildman–Crippen LogP) is 2.23. The van der Waals surface area contributed by atoms with Gasteiger partial charge in [-0.2, -0.15) is 11.3 Å². The van der Waals surface area contributed by atoms with Gasteiger partial charge in [-0.1, -0.05) is 0 Å². The summed E-state index contributed by atoms with van der Waals surface area (Å²) in [6.07, 6.45) is 2.69. The highest BCUT2D eigenvalue weighted by Gasteiger charge is 2.20. The smallest absolute Gasteiger partial charge is 0.191 e. The van der Waals surface area contributed by atoms with Gasteiger partial charge in [0.15, 0.2) is 5.96 Å². The summed E-state index contributed by atoms with van der Waals surface area (Å²) in [5.74, 6) is 1.70. The molecule has 0 radical (unpaired) electrons. The fourth-order valence-electron chi connectivity index (χ4n) is 1.67. The molecule has 106 valence electrons. The van der Waals surface area contributed by atoms with E-state index in [2.05, 4.69) is 39.4 Å². The predicted molar refractivity (Wildman–Crippen MR) is 80.7 cm³/mol. The van der Waals surface area contributed by atoms with E-state index < -0.39 is 0 Å². The van der Waals surface area contributed by atoms with E-state index in [-0.39, 0.29) is 0 Å². The van der Waals surface area contributed by atoms with Gasteiger partial charge >= 0.3 is 0 Å². The molecule has 0 spiro atoms. The van der Waals surface area contributed by atoms with E-state index in [1.165, 1.54) is 18.4 Å². The van der Waals surface area contributed by atoms with Gasteiger partial charge in [-0.25, -0.2) is 4.99 Å². The molecule has 1 saturated carbocycles. The van der Waals surface area contributed by atoms with Crippen LogP contribution in [0.1, 0.15) is 25.3 Å². The Hall–Kier alpha value is -1.07. The van der Waals surface area contributed by atoms with Crippen molar-refractivity contribution in [1.82, 2.24) is 10.6 Å². The van der Waals surface area contributed by atoms with E-state index in [0.29, 0.717) is 0 Å². The van der Waals surface area contributed by atoms with Gasteiger partial charge in [0, 0.05) is 19.7 Å². The van der Waals surface area contributed by atoms with Crippen LogP contribution in [0.2, 0.25) is 0 Å². The van der Waals surface area contributed by atoms with Crippen molar-refractivity contribution in [1.29, 1.82) is 0 Å². The Labute approximate surface area is 119 Å². The standard InChI is InChI=1S/C14H23N3OS/c1-2-15-14(17-9-13-5-8-19-11-13)16-6-7-18-10-12-3-4-12/h5,8,11-12H,2-4,6-7,9-10H2,1H3,(H2,15,16,17). The summed E-state index contributed by atoms with van der Waals surface area (Å²) in [4.78, 5) is 4.55. The first-order chi connectivity index (χ1) is 9.38. The second kappa shape index (κ2) is 8.17. The summed E-state index contributed by atoms with van der Waals surface area (Å²) in [7, 11) is 0. The van der Waals surface area contributed by atoms with E-state index in [0.717, 1.165) is 44.7 Å². The van der Waals surface area contributed by atoms with Crippen molar-refractivity contribution in [3.63, 3.8) is 0 Å². The zero-order valence-electron chi connectivity index (χ0n) is 11.5. The van der Waals surface area contributed by atoms with Gasteiger partial charge in [-0.05, 0) is 48.1 Å². The Morgan fingerprint density at radius 3 is 3.05 bits per heavy atom. The van der Waals surface area contributed by atoms with Crippen molar-refractivity contribution in [3.05, 3.63) is 22.4 Å². The van der Waals surface area contributed by atoms with Crippen LogP contribution >= 0.6 is 11.3 Å². The Kier molecular flexibility index (Phi) is 6.17. The van der Waals surface area contributed by atoms with Crippen molar-refractivity contribution in [3.8, 4) is 0 Å². The highest BCUT2D eigenvalue weighted by molar-refractivity contribution is 7.07. The molecule has 1 heterocycles. The van der Waals surface area contributed by atoms with Gasteiger partial charge < -0.3 is 15.4 Å². The zero-order chi connectivity index (χ0) is 13.3. The first-order valence-electron chi connectivity index (χ1n) is 6.99. The molecule has 1 aliphatic carbocycles. The second-order valence-corrected chi connectivity index (χ2v) is 5.55. The molecule has 0 aliphatic heterocycles. The van der Waals surface area contributed by atoms with Crippen molar-refractivity contribution in [2.45, 2.75) is 26.3 Å². The van der Waals surface area contributed by atoms with Crippen LogP contribution < -0.4 is 10.6 Å². The minimum absolute atomic E-state index is 0.724. The molecule has 0 saturated heterocycles. The third-order valence-electron chi connectivity index (χ3n) is 2.93. The molecule has 0 amide bonds. The van der Waals surface area contributed by atoms with Crippen LogP contribution in [0.25, 0.3) is 0 Å². The normalized spacial score (nSPS) is 15.5. The van der Waals surface area contributed by atoms with Gasteiger partial charge in [0.2, 0.25) is 0 Å². The number of thiophene rings is 1. The molecule has 0 unspecified atom stereocenters. The van der Waals surface area contributed by atoms with Crippen LogP contribution in [0.3, 0.4) is 0 Å². The number of rotatable bonds is 8. The summed E-state index contributed by atoms with van der Waals surface area (Å²) < 4.78 is 5.59. The highest BCUT2D eigenvalue weighted by Crippen LogP contribution is 2.28. The van der Waals surface area contributed by atoms with E-state index in [9.17, 15) is 0 Å². The van der Waals surface area contributed by atoms with Gasteiger partial charge in [-0.3, -0.25) is 0 Å². The number of aliphatic imine (C=N–C) groups is 1. The number of hydrogen-bond donors (Lipinski definition) is 2. The maximum atomic E-state index is 5.59. The zero-order valence-corrected chi connectivity index (χ0v) is 12.3. The minimum Gasteiger partial charge on any atom is -0.379 e. The van der Waals surface area contributed by atoms with E-state index in [1.54, 1.807) is 11.3 Å². The third kappa shape index (κ3) is 6.07. The Bertz CT molecular complexity index is 374. The average molecular weight is 281 g/mol. The molecule has 1 aromatic heterocycles. The number of nitrogens with zero attached hydrogens (tertiary/aromatic N) is 1. The summed E-state index contributed by atoms with van der Waals surface area (Å²) in [6, 6.07) is 2.11. The van der Waals surface area contributed by atoms with Crippen LogP contribution in [0.5, 0.6) is 0 Å². The Morgan fingerprint density at radius 1 is 1.47 bits per heavy atom. The van der Waals surface area contributed by atoms with Crippen LogP contribution in [0, 0.1) is 5.92 Å². The average Bonchev–Trinajstić information content (AvgIpc) is 3.09. The number of guanidine groups is 1. The van der Waals surface area contributed by atoms with Gasteiger partial charge in [0.05, 0.1) is 13.2 Å². The van der Waals surface area contributed by atoms with Crippen molar-refractivity contribution >= 4 is 17.3 Å². The summed E-state index contributed by atoms with van der Waals surface area (Å²) in [5.41, 5.74) is 1.26. The quantitative estimate of drug-likeness (QED) is 0.436. The van der Waals surface area contributed by atoms with Crippen LogP contribution in [-0.4, -0.2) is 32.3 Å². The first kappa shape index (κ1) is 14.3. The van der Waals surface area contributed by atoms with Gasteiger partial charge in [-0.15, -0.1) is 0 Å². The SMILES string of the molecule is CCNC(=NCc1ccsc1)NCCOCC1CC1. The van der Waals surface area contributed by atoms with Crippen LogP contribution in [0.15, 0.2) is 21.8 Å². The molecule has 1 aliphatic rings. The van der Waals surface area contributed by atoms with Crippen molar-refractivity contribution in [2.24, 2.45) is 10.9 Å². The fraction of sp³-hybridized carbons (Fsp3) is 0.643. The number of hydrogen-bond acceptors (Lipinski definition) is 3. The Balaban J connectivity index is 1.63. The molecule has 0 bridgehead atoms. The number of ether oxygens (including phenoxy) is 1. The number of nitrogens with one attached hydrogen (secondary N) is 2. The summed E-state index contributed by atoms with van der Waals surface area (Å²) >= 11 is 1.71. The minimum atomic E-state index is 0.724. The summed E-state index contributed by atoms with van der Waals surface area (Å²) in [5, 5.41) is 10.7. The highest BCUT2D eigenvalue weighted by atomic mass is 32.1. The molecular formula is C14H23N3OS. The van der Waals surface area contributed by atoms with E-state index >= 15 is 0 Å². The molecule has 4 nitrogen and oxygen atoms in total. The van der Waals surface area contributed by atoms with Crippen molar-refractivity contribution in [2.75, 3.05) is 26.3 Å². The molecule has 19 heavy (non-hydrogen) atoms. The van der Waals surface area contributed by atoms with E-state index in [4.69, 9.17) is 4.74 Å². The largest absolute Gasteiger partial charge is 0.379 e. The maximum absolute atomic E-state index is 5.59. The van der Waals surface area contributed by atoms with E-state index in [1.807, 2.05) is 0 Å². The second-order valence-electron chi connectivity index (χ2n) is 4.77. The molecule has 1 fully saturated rings. The third-order valence-corrected chi connectivity index (χ3v) is 3.67. The maximum Gasteiger partial charge on any atom is 0.191 e. The van der Waals surface area contributed by atoms with Crippen molar-refractivity contribution < 1.29 is 4.74 Å². The van der Waals surface area contributed by atoms with Crippen LogP contribution in [0.4, 0.5) is 0 Å².